The Balaban J connectivity index is 1.84. The van der Waals surface area contributed by atoms with Crippen molar-refractivity contribution in [3.05, 3.63) is 75.6 Å². The third-order valence-corrected chi connectivity index (χ3v) is 3.25. The summed E-state index contributed by atoms with van der Waals surface area (Å²) in [7, 11) is 0. The molecule has 0 aliphatic rings. The van der Waals surface area contributed by atoms with E-state index in [1.54, 1.807) is 0 Å². The van der Waals surface area contributed by atoms with Crippen LogP contribution >= 0.6 is 0 Å². The van der Waals surface area contributed by atoms with Gasteiger partial charge in [0.1, 0.15) is 12.4 Å². The summed E-state index contributed by atoms with van der Waals surface area (Å²) in [6, 6.07) is 10.2. The third-order valence-electron chi connectivity index (χ3n) is 3.25. The molecule has 134 valence electrons. The van der Waals surface area contributed by atoms with Crippen molar-refractivity contribution in [1.29, 1.82) is 0 Å². The normalized spacial score (nSPS) is 10.0. The summed E-state index contributed by atoms with van der Waals surface area (Å²) >= 11 is 0. The number of ether oxygens (including phenoxy) is 1. The van der Waals surface area contributed by atoms with Crippen molar-refractivity contribution >= 4 is 23.3 Å². The zero-order valence-corrected chi connectivity index (χ0v) is 13.3. The Hall–Kier alpha value is -3.62. The second kappa shape index (κ2) is 8.47. The van der Waals surface area contributed by atoms with E-state index in [2.05, 4.69) is 10.1 Å². The smallest absolute Gasteiger partial charge is 0.325 e. The van der Waals surface area contributed by atoms with E-state index >= 15 is 0 Å². The Morgan fingerprint density at radius 3 is 2.54 bits per heavy atom. The number of nitrogens with one attached hydrogen (secondary N) is 1. The SMILES string of the molecule is O=C(CNC(=O)c1cccc([N+](=O)[O-])c1)OCC(=O)c1ccccc1F. The summed E-state index contributed by atoms with van der Waals surface area (Å²) in [5.74, 6) is -3.08. The molecule has 0 saturated carbocycles. The van der Waals surface area contributed by atoms with Gasteiger partial charge in [-0.2, -0.15) is 0 Å². The van der Waals surface area contributed by atoms with Crippen LogP contribution in [0.3, 0.4) is 0 Å². The first-order chi connectivity index (χ1) is 12.4. The molecule has 2 aromatic carbocycles. The zero-order chi connectivity index (χ0) is 19.1. The van der Waals surface area contributed by atoms with Crippen LogP contribution in [-0.2, 0) is 9.53 Å². The van der Waals surface area contributed by atoms with Gasteiger partial charge in [0.25, 0.3) is 11.6 Å². The van der Waals surface area contributed by atoms with Crippen LogP contribution in [0.4, 0.5) is 10.1 Å². The van der Waals surface area contributed by atoms with E-state index in [9.17, 15) is 28.9 Å². The van der Waals surface area contributed by atoms with Crippen LogP contribution < -0.4 is 5.32 Å². The Kier molecular flexibility index (Phi) is 6.10. The minimum Gasteiger partial charge on any atom is -0.456 e. The molecular weight excluding hydrogens is 347 g/mol. The zero-order valence-electron chi connectivity index (χ0n) is 13.3. The van der Waals surface area contributed by atoms with Gasteiger partial charge in [0, 0.05) is 17.7 Å². The predicted octanol–water partition coefficient (Wildman–Crippen LogP) is 1.89. The van der Waals surface area contributed by atoms with E-state index in [1.807, 2.05) is 0 Å². The number of halogens is 1. The molecule has 9 heteroatoms. The maximum absolute atomic E-state index is 13.4. The first kappa shape index (κ1) is 18.7. The van der Waals surface area contributed by atoms with Crippen molar-refractivity contribution in [1.82, 2.24) is 5.32 Å². The summed E-state index contributed by atoms with van der Waals surface area (Å²) in [6.07, 6.45) is 0. The Bertz CT molecular complexity index is 868. The van der Waals surface area contributed by atoms with Crippen molar-refractivity contribution in [2.75, 3.05) is 13.2 Å². The fraction of sp³-hybridized carbons (Fsp3) is 0.118. The topological polar surface area (TPSA) is 116 Å². The van der Waals surface area contributed by atoms with E-state index in [0.29, 0.717) is 0 Å². The third kappa shape index (κ3) is 4.94. The highest BCUT2D eigenvalue weighted by Gasteiger charge is 2.15. The highest BCUT2D eigenvalue weighted by atomic mass is 19.1. The molecule has 0 saturated heterocycles. The Morgan fingerprint density at radius 2 is 1.85 bits per heavy atom. The van der Waals surface area contributed by atoms with Crippen molar-refractivity contribution in [3.63, 3.8) is 0 Å². The van der Waals surface area contributed by atoms with E-state index in [0.717, 1.165) is 12.1 Å². The number of carbonyl (C=O) groups is 3. The predicted molar refractivity (Wildman–Crippen MR) is 87.1 cm³/mol. The number of nitro benzene ring substituents is 1. The van der Waals surface area contributed by atoms with E-state index in [1.165, 1.54) is 36.4 Å². The summed E-state index contributed by atoms with van der Waals surface area (Å²) in [5, 5.41) is 12.9. The number of hydrogen-bond acceptors (Lipinski definition) is 6. The molecule has 0 heterocycles. The minimum absolute atomic E-state index is 0.00515. The van der Waals surface area contributed by atoms with Crippen LogP contribution in [0, 0.1) is 15.9 Å². The average molecular weight is 360 g/mol. The monoisotopic (exact) mass is 360 g/mol. The number of hydrogen-bond donors (Lipinski definition) is 1. The number of ketones is 1. The molecule has 1 N–H and O–H groups in total. The molecule has 0 unspecified atom stereocenters. The van der Waals surface area contributed by atoms with Gasteiger partial charge in [0.15, 0.2) is 6.61 Å². The fourth-order valence-corrected chi connectivity index (χ4v) is 1.98. The highest BCUT2D eigenvalue weighted by molar-refractivity contribution is 5.99. The number of esters is 1. The number of benzene rings is 2. The molecule has 1 amide bonds. The maximum Gasteiger partial charge on any atom is 0.325 e. The van der Waals surface area contributed by atoms with Crippen LogP contribution in [0.25, 0.3) is 0 Å². The van der Waals surface area contributed by atoms with Crippen molar-refractivity contribution in [2.24, 2.45) is 0 Å². The summed E-state index contributed by atoms with van der Waals surface area (Å²) in [5.41, 5.74) is -0.480. The lowest BCUT2D eigenvalue weighted by molar-refractivity contribution is -0.384. The number of nitrogens with zero attached hydrogens (tertiary/aromatic N) is 1. The summed E-state index contributed by atoms with van der Waals surface area (Å²) < 4.78 is 18.1. The fourth-order valence-electron chi connectivity index (χ4n) is 1.98. The van der Waals surface area contributed by atoms with Crippen molar-refractivity contribution in [3.8, 4) is 0 Å². The van der Waals surface area contributed by atoms with Gasteiger partial charge >= 0.3 is 5.97 Å². The molecule has 2 aromatic rings. The van der Waals surface area contributed by atoms with Crippen LogP contribution in [0.15, 0.2) is 48.5 Å². The lowest BCUT2D eigenvalue weighted by atomic mass is 10.1. The molecule has 0 bridgehead atoms. The maximum atomic E-state index is 13.4. The van der Waals surface area contributed by atoms with Gasteiger partial charge in [-0.3, -0.25) is 24.5 Å². The van der Waals surface area contributed by atoms with Crippen molar-refractivity contribution in [2.45, 2.75) is 0 Å². The molecule has 0 atom stereocenters. The van der Waals surface area contributed by atoms with Gasteiger partial charge in [0.2, 0.25) is 5.78 Å². The second-order valence-corrected chi connectivity index (χ2v) is 5.05. The Morgan fingerprint density at radius 1 is 1.12 bits per heavy atom. The summed E-state index contributed by atoms with van der Waals surface area (Å²) in [6.45, 7) is -1.22. The molecule has 8 nitrogen and oxygen atoms in total. The van der Waals surface area contributed by atoms with Gasteiger partial charge < -0.3 is 10.1 Å². The van der Waals surface area contributed by atoms with Crippen LogP contribution in [-0.4, -0.2) is 35.7 Å². The standard InChI is InChI=1S/C17H13FN2O6/c18-14-7-2-1-6-13(14)15(21)10-26-16(22)9-19-17(23)11-4-3-5-12(8-11)20(24)25/h1-8H,9-10H2,(H,19,23). The lowest BCUT2D eigenvalue weighted by Gasteiger charge is -2.07. The first-order valence-corrected chi connectivity index (χ1v) is 7.34. The number of carbonyl (C=O) groups excluding carboxylic acids is 3. The number of non-ortho nitro benzene ring substituents is 1. The second-order valence-electron chi connectivity index (χ2n) is 5.05. The number of Topliss-reactive ketones (excluding diaryl/α,β-unsaturated/α-hetero) is 1. The van der Waals surface area contributed by atoms with Crippen molar-refractivity contribution < 1.29 is 28.4 Å². The first-order valence-electron chi connectivity index (χ1n) is 7.34. The molecule has 0 spiro atoms. The highest BCUT2D eigenvalue weighted by Crippen LogP contribution is 2.12. The summed E-state index contributed by atoms with van der Waals surface area (Å²) in [4.78, 5) is 45.2. The molecule has 26 heavy (non-hydrogen) atoms. The molecular formula is C17H13FN2O6. The van der Waals surface area contributed by atoms with E-state index in [-0.39, 0.29) is 16.8 Å². The minimum atomic E-state index is -0.909. The molecule has 0 aliphatic carbocycles. The molecule has 0 aromatic heterocycles. The average Bonchev–Trinajstić information content (AvgIpc) is 2.64. The van der Waals surface area contributed by atoms with Crippen LogP contribution in [0.1, 0.15) is 20.7 Å². The van der Waals surface area contributed by atoms with Gasteiger partial charge in [0.05, 0.1) is 10.5 Å². The van der Waals surface area contributed by atoms with Gasteiger partial charge in [-0.05, 0) is 18.2 Å². The van der Waals surface area contributed by atoms with Crippen LogP contribution in [0.5, 0.6) is 0 Å². The Labute approximate surface area is 146 Å². The van der Waals surface area contributed by atoms with Crippen LogP contribution in [0.2, 0.25) is 0 Å². The molecule has 0 radical (unpaired) electrons. The largest absolute Gasteiger partial charge is 0.456 e. The van der Waals surface area contributed by atoms with E-state index in [4.69, 9.17) is 0 Å². The van der Waals surface area contributed by atoms with Gasteiger partial charge in [-0.1, -0.05) is 18.2 Å². The number of rotatable bonds is 7. The molecule has 2 rings (SSSR count). The van der Waals surface area contributed by atoms with Gasteiger partial charge in [-0.25, -0.2) is 4.39 Å². The molecule has 0 aliphatic heterocycles. The van der Waals surface area contributed by atoms with Gasteiger partial charge in [-0.15, -0.1) is 0 Å². The number of amides is 1. The molecule has 0 fully saturated rings. The quantitative estimate of drug-likeness (QED) is 0.349. The lowest BCUT2D eigenvalue weighted by Crippen LogP contribution is -2.31. The van der Waals surface area contributed by atoms with E-state index < -0.39 is 41.6 Å². The number of nitro groups is 1.